The number of carbonyl (C=O) groups is 1. The Morgan fingerprint density at radius 3 is 2.14 bits per heavy atom. The molecule has 0 radical (unpaired) electrons. The Morgan fingerprint density at radius 1 is 0.911 bits per heavy atom. The van der Waals surface area contributed by atoms with Crippen LogP contribution in [-0.2, 0) is 37.0 Å². The molecule has 2 aliphatic carbocycles. The van der Waals surface area contributed by atoms with Gasteiger partial charge in [-0.2, -0.15) is 8.78 Å². The third-order valence-electron chi connectivity index (χ3n) is 11.0. The third kappa shape index (κ3) is 6.85. The van der Waals surface area contributed by atoms with Gasteiger partial charge in [-0.3, -0.25) is 18.4 Å². The lowest BCUT2D eigenvalue weighted by Crippen LogP contribution is -2.46. The van der Waals surface area contributed by atoms with E-state index in [1.54, 1.807) is 44.0 Å². The van der Waals surface area contributed by atoms with Crippen molar-refractivity contribution in [3.63, 3.8) is 0 Å². The van der Waals surface area contributed by atoms with E-state index in [4.69, 9.17) is 18.3 Å². The zero-order chi connectivity index (χ0) is 39.4. The van der Waals surface area contributed by atoms with Crippen molar-refractivity contribution in [1.82, 2.24) is 14.9 Å². The topological polar surface area (TPSA) is 100 Å². The first-order valence-corrected chi connectivity index (χ1v) is 19.6. The highest BCUT2D eigenvalue weighted by molar-refractivity contribution is 7.48. The Labute approximate surface area is 322 Å². The summed E-state index contributed by atoms with van der Waals surface area (Å²) in [4.78, 5) is 24.4. The van der Waals surface area contributed by atoms with Gasteiger partial charge < -0.3 is 9.64 Å². The van der Waals surface area contributed by atoms with Gasteiger partial charge in [-0.1, -0.05) is 72.8 Å². The number of carbonyl (C=O) groups excluding carboxylic acids is 1. The zero-order valence-corrected chi connectivity index (χ0v) is 32.0. The number of rotatable bonds is 12. The molecular formula is C43H39F3N3O6P. The summed E-state index contributed by atoms with van der Waals surface area (Å²) in [7, 11) is -2.51. The first-order valence-electron chi connectivity index (χ1n) is 18.2. The molecule has 13 heteroatoms. The van der Waals surface area contributed by atoms with E-state index in [-0.39, 0.29) is 42.2 Å². The van der Waals surface area contributed by atoms with E-state index < -0.39 is 37.3 Å². The largest absolute Gasteiger partial charge is 0.476 e. The van der Waals surface area contributed by atoms with Gasteiger partial charge in [-0.15, -0.1) is 0 Å². The molecule has 1 saturated carbocycles. The second kappa shape index (κ2) is 14.4. The molecule has 2 heterocycles. The number of likely N-dealkylation sites (N-methyl/N-ethyl adjacent to an activating group) is 1. The van der Waals surface area contributed by atoms with Crippen molar-refractivity contribution in [2.45, 2.75) is 70.0 Å². The van der Waals surface area contributed by atoms with E-state index in [0.717, 1.165) is 22.3 Å². The predicted octanol–water partition coefficient (Wildman–Crippen LogP) is 10.2. The van der Waals surface area contributed by atoms with Gasteiger partial charge in [0, 0.05) is 53.5 Å². The fourth-order valence-electron chi connectivity index (χ4n) is 8.19. The molecule has 8 rings (SSSR count). The van der Waals surface area contributed by atoms with Crippen molar-refractivity contribution < 1.29 is 40.8 Å². The Bertz CT molecular complexity index is 2330. The third-order valence-corrected chi connectivity index (χ3v) is 12.6. The van der Waals surface area contributed by atoms with Crippen LogP contribution in [-0.4, -0.2) is 40.0 Å². The maximum Gasteiger partial charge on any atom is 0.476 e. The molecule has 5 aromatic rings. The Morgan fingerprint density at radius 2 is 1.54 bits per heavy atom. The van der Waals surface area contributed by atoms with E-state index in [1.807, 2.05) is 73.7 Å². The molecule has 0 N–H and O–H groups in total. The van der Waals surface area contributed by atoms with Crippen molar-refractivity contribution >= 4 is 19.8 Å². The van der Waals surface area contributed by atoms with Crippen LogP contribution in [0.25, 0.3) is 17.2 Å². The molecule has 2 unspecified atom stereocenters. The first kappa shape index (κ1) is 37.8. The summed E-state index contributed by atoms with van der Waals surface area (Å²) < 4.78 is 80.2. The quantitative estimate of drug-likeness (QED) is 0.115. The standard InChI is InChI=1S/C43H39F3N3O6P/c1-42(2,55-56(51,52-24-26-12-7-5-8-13-26)53-25-27-14-9-6-10-15-27)40-47-22-29(23-48-40)31-20-32-28(19-35(31)44)18-34-37(32)33-21-43(34,3)49(4)39(50)30-16-11-17-36(38(30)33)54-41(45)46/h5-20,22-23,33,37,41H,21,24-25H2,1-4H3/t33-,37?,43?/m1/s1. The van der Waals surface area contributed by atoms with Crippen molar-refractivity contribution in [3.8, 4) is 16.9 Å². The molecule has 9 nitrogen and oxygen atoms in total. The Balaban J connectivity index is 1.09. The van der Waals surface area contributed by atoms with Crippen molar-refractivity contribution in [3.05, 3.63) is 154 Å². The zero-order valence-electron chi connectivity index (χ0n) is 31.1. The SMILES string of the molecule is CN1C(=O)c2cccc(OC(F)F)c2[C@@H]2CC1(C)C1=Cc3cc(F)c(-c4cnc(C(C)(C)OP(=O)(OCc5ccccc5)OCc5ccccc5)nc4)cc3C12. The number of alkyl halides is 2. The summed E-state index contributed by atoms with van der Waals surface area (Å²) in [5, 5.41) is 0. The molecule has 3 aliphatic rings. The van der Waals surface area contributed by atoms with Crippen LogP contribution in [0.4, 0.5) is 13.2 Å². The minimum atomic E-state index is -4.22. The van der Waals surface area contributed by atoms with E-state index in [0.29, 0.717) is 28.7 Å². The minimum absolute atomic E-state index is 0.0311. The minimum Gasteiger partial charge on any atom is -0.435 e. The number of fused-ring (bicyclic) bond motifs is 9. The average molecular weight is 782 g/mol. The summed E-state index contributed by atoms with van der Waals surface area (Å²) in [6.45, 7) is 2.10. The molecule has 1 amide bonds. The first-order chi connectivity index (χ1) is 26.8. The van der Waals surface area contributed by atoms with E-state index in [9.17, 15) is 18.1 Å². The van der Waals surface area contributed by atoms with Gasteiger partial charge in [-0.05, 0) is 79.3 Å². The normalized spacial score (nSPS) is 20.0. The predicted molar refractivity (Wildman–Crippen MR) is 203 cm³/mol. The lowest BCUT2D eigenvalue weighted by molar-refractivity contribution is -0.0507. The van der Waals surface area contributed by atoms with Crippen LogP contribution >= 0.6 is 7.82 Å². The second-order valence-corrected chi connectivity index (χ2v) is 16.5. The van der Waals surface area contributed by atoms with Gasteiger partial charge in [0.1, 0.15) is 17.2 Å². The number of hydrogen-bond acceptors (Lipinski definition) is 8. The average Bonchev–Trinajstić information content (AvgIpc) is 3.68. The van der Waals surface area contributed by atoms with Crippen molar-refractivity contribution in [2.75, 3.05) is 7.05 Å². The highest BCUT2D eigenvalue weighted by Crippen LogP contribution is 2.63. The summed E-state index contributed by atoms with van der Waals surface area (Å²) >= 11 is 0. The van der Waals surface area contributed by atoms with E-state index in [2.05, 4.69) is 9.97 Å². The highest BCUT2D eigenvalue weighted by Gasteiger charge is 2.57. The second-order valence-electron chi connectivity index (χ2n) is 14.9. The van der Waals surface area contributed by atoms with Gasteiger partial charge in [-0.25, -0.2) is 18.9 Å². The number of aromatic nitrogens is 2. The number of halogens is 3. The lowest BCUT2D eigenvalue weighted by Gasteiger charge is -2.37. The summed E-state index contributed by atoms with van der Waals surface area (Å²) in [6.07, 6.45) is 5.32. The fourth-order valence-corrected chi connectivity index (χ4v) is 9.63. The smallest absolute Gasteiger partial charge is 0.435 e. The molecule has 0 spiro atoms. The van der Waals surface area contributed by atoms with Crippen LogP contribution in [0, 0.1) is 5.82 Å². The summed E-state index contributed by atoms with van der Waals surface area (Å²) in [5.41, 5.74) is 3.10. The van der Waals surface area contributed by atoms with Crippen LogP contribution in [0.15, 0.2) is 109 Å². The van der Waals surface area contributed by atoms with Crippen molar-refractivity contribution in [1.29, 1.82) is 0 Å². The molecule has 1 fully saturated rings. The monoisotopic (exact) mass is 781 g/mol. The summed E-state index contributed by atoms with van der Waals surface area (Å²) in [6, 6.07) is 26.3. The van der Waals surface area contributed by atoms with Crippen LogP contribution in [0.1, 0.15) is 83.0 Å². The molecule has 4 aromatic carbocycles. The van der Waals surface area contributed by atoms with Gasteiger partial charge in [0.2, 0.25) is 0 Å². The Kier molecular flexibility index (Phi) is 9.73. The van der Waals surface area contributed by atoms with Gasteiger partial charge >= 0.3 is 14.4 Å². The number of ether oxygens (including phenoxy) is 1. The van der Waals surface area contributed by atoms with Crippen LogP contribution in [0.3, 0.4) is 0 Å². The van der Waals surface area contributed by atoms with E-state index in [1.165, 1.54) is 24.5 Å². The molecule has 2 bridgehead atoms. The van der Waals surface area contributed by atoms with Gasteiger partial charge in [0.15, 0.2) is 5.82 Å². The number of phosphoric acid groups is 1. The van der Waals surface area contributed by atoms with Gasteiger partial charge in [0.25, 0.3) is 5.91 Å². The van der Waals surface area contributed by atoms with Gasteiger partial charge in [0.05, 0.1) is 18.8 Å². The molecule has 288 valence electrons. The van der Waals surface area contributed by atoms with Crippen molar-refractivity contribution in [2.24, 2.45) is 0 Å². The maximum atomic E-state index is 16.0. The fraction of sp³-hybridized carbons (Fsp3) is 0.279. The van der Waals surface area contributed by atoms with E-state index >= 15 is 4.39 Å². The summed E-state index contributed by atoms with van der Waals surface area (Å²) in [5.74, 6) is -1.43. The number of amides is 1. The molecule has 1 aromatic heterocycles. The maximum absolute atomic E-state index is 16.0. The molecule has 56 heavy (non-hydrogen) atoms. The molecular weight excluding hydrogens is 742 g/mol. The lowest BCUT2D eigenvalue weighted by atomic mass is 9.80. The molecule has 3 atom stereocenters. The van der Waals surface area contributed by atoms with Crippen LogP contribution in [0.5, 0.6) is 5.75 Å². The molecule has 0 saturated heterocycles. The number of benzene rings is 4. The highest BCUT2D eigenvalue weighted by atomic mass is 31.2. The van der Waals surface area contributed by atoms with Crippen LogP contribution < -0.4 is 4.74 Å². The number of hydrogen-bond donors (Lipinski definition) is 0. The number of nitrogens with zero attached hydrogens (tertiary/aromatic N) is 3. The molecule has 1 aliphatic heterocycles. The number of phosphoric ester groups is 1. The Hall–Kier alpha value is -5.13. The van der Waals surface area contributed by atoms with Crippen LogP contribution in [0.2, 0.25) is 0 Å².